The number of halogens is 1. The number of rotatable bonds is 6. The largest absolute Gasteiger partial charge is 0.488 e. The van der Waals surface area contributed by atoms with Gasteiger partial charge in [-0.25, -0.2) is 0 Å². The van der Waals surface area contributed by atoms with Gasteiger partial charge >= 0.3 is 0 Å². The van der Waals surface area contributed by atoms with E-state index in [4.69, 9.17) is 16.3 Å². The smallest absolute Gasteiger partial charge is 0.292 e. The SMILES string of the molecule is Cc1cccc(OCC[NH+]2CCN(c3cnn(-c4ccccc4)c(=O)c3Cl)CC2)c1. The average molecular weight is 426 g/mol. The fourth-order valence-electron chi connectivity index (χ4n) is 3.73. The van der Waals surface area contributed by atoms with Gasteiger partial charge in [-0.2, -0.15) is 9.78 Å². The lowest BCUT2D eigenvalue weighted by Crippen LogP contribution is -3.15. The summed E-state index contributed by atoms with van der Waals surface area (Å²) in [7, 11) is 0. The fourth-order valence-corrected chi connectivity index (χ4v) is 3.98. The van der Waals surface area contributed by atoms with Gasteiger partial charge in [0, 0.05) is 0 Å². The van der Waals surface area contributed by atoms with E-state index in [1.54, 1.807) is 6.20 Å². The summed E-state index contributed by atoms with van der Waals surface area (Å²) in [4.78, 5) is 16.4. The highest BCUT2D eigenvalue weighted by Gasteiger charge is 2.23. The van der Waals surface area contributed by atoms with Crippen molar-refractivity contribution in [2.75, 3.05) is 44.2 Å². The maximum Gasteiger partial charge on any atom is 0.292 e. The first-order chi connectivity index (χ1) is 14.6. The molecule has 1 saturated heterocycles. The predicted molar refractivity (Wildman–Crippen MR) is 119 cm³/mol. The summed E-state index contributed by atoms with van der Waals surface area (Å²) in [5, 5.41) is 4.57. The number of aryl methyl sites for hydroxylation is 1. The molecule has 7 heteroatoms. The van der Waals surface area contributed by atoms with Crippen molar-refractivity contribution in [1.82, 2.24) is 9.78 Å². The predicted octanol–water partition coefficient (Wildman–Crippen LogP) is 1.98. The number of ether oxygens (including phenoxy) is 1. The van der Waals surface area contributed by atoms with Crippen molar-refractivity contribution in [3.63, 3.8) is 0 Å². The molecular formula is C23H26ClN4O2+. The molecular weight excluding hydrogens is 400 g/mol. The fraction of sp³-hybridized carbons (Fsp3) is 0.304. The van der Waals surface area contributed by atoms with Crippen molar-refractivity contribution in [3.8, 4) is 11.4 Å². The highest BCUT2D eigenvalue weighted by atomic mass is 35.5. The van der Waals surface area contributed by atoms with Gasteiger partial charge in [0.1, 0.15) is 23.9 Å². The standard InChI is InChI=1S/C23H25ClN4O2/c1-18-6-5-9-20(16-18)30-15-14-26-10-12-27(13-11-26)21-17-25-28(23(29)22(21)24)19-7-3-2-4-8-19/h2-9,16-17H,10-15H2,1H3/p+1. The normalized spacial score (nSPS) is 14.7. The van der Waals surface area contributed by atoms with Crippen LogP contribution < -0.4 is 20.1 Å². The summed E-state index contributed by atoms with van der Waals surface area (Å²) in [5.74, 6) is 0.921. The molecule has 0 bridgehead atoms. The summed E-state index contributed by atoms with van der Waals surface area (Å²) < 4.78 is 7.22. The van der Waals surface area contributed by atoms with Crippen LogP contribution >= 0.6 is 11.6 Å². The van der Waals surface area contributed by atoms with Crippen LogP contribution in [0.1, 0.15) is 5.56 Å². The van der Waals surface area contributed by atoms with Gasteiger partial charge in [-0.1, -0.05) is 41.9 Å². The molecule has 2 heterocycles. The molecule has 0 spiro atoms. The van der Waals surface area contributed by atoms with Gasteiger partial charge in [-0.05, 0) is 36.8 Å². The lowest BCUT2D eigenvalue weighted by molar-refractivity contribution is -0.900. The van der Waals surface area contributed by atoms with Crippen molar-refractivity contribution < 1.29 is 9.64 Å². The van der Waals surface area contributed by atoms with Gasteiger partial charge in [0.05, 0.1) is 43.8 Å². The van der Waals surface area contributed by atoms with Crippen LogP contribution in [0.2, 0.25) is 5.02 Å². The van der Waals surface area contributed by atoms with Crippen LogP contribution in [0.5, 0.6) is 5.75 Å². The maximum absolute atomic E-state index is 12.7. The van der Waals surface area contributed by atoms with Gasteiger partial charge in [0.25, 0.3) is 5.56 Å². The van der Waals surface area contributed by atoms with E-state index >= 15 is 0 Å². The molecule has 1 aliphatic rings. The van der Waals surface area contributed by atoms with Crippen LogP contribution in [-0.4, -0.2) is 49.1 Å². The molecule has 1 fully saturated rings. The molecule has 0 aliphatic carbocycles. The van der Waals surface area contributed by atoms with Gasteiger partial charge in [-0.3, -0.25) is 4.79 Å². The molecule has 30 heavy (non-hydrogen) atoms. The maximum atomic E-state index is 12.7. The van der Waals surface area contributed by atoms with Crippen LogP contribution in [0.25, 0.3) is 5.69 Å². The summed E-state index contributed by atoms with van der Waals surface area (Å²) >= 11 is 6.44. The molecule has 0 unspecified atom stereocenters. The molecule has 0 radical (unpaired) electrons. The summed E-state index contributed by atoms with van der Waals surface area (Å²) in [5.41, 5.74) is 2.33. The lowest BCUT2D eigenvalue weighted by atomic mass is 10.2. The second-order valence-corrected chi connectivity index (χ2v) is 7.93. The summed E-state index contributed by atoms with van der Waals surface area (Å²) in [6.07, 6.45) is 1.70. The topological polar surface area (TPSA) is 51.8 Å². The summed E-state index contributed by atoms with van der Waals surface area (Å²) in [6, 6.07) is 17.4. The van der Waals surface area contributed by atoms with E-state index in [1.807, 2.05) is 42.5 Å². The van der Waals surface area contributed by atoms with Crippen LogP contribution in [-0.2, 0) is 0 Å². The van der Waals surface area contributed by atoms with Crippen molar-refractivity contribution in [2.45, 2.75) is 6.92 Å². The number of piperazine rings is 1. The molecule has 1 N–H and O–H groups in total. The van der Waals surface area contributed by atoms with E-state index in [2.05, 4.69) is 29.1 Å². The van der Waals surface area contributed by atoms with E-state index in [1.165, 1.54) is 15.1 Å². The van der Waals surface area contributed by atoms with Crippen LogP contribution in [0.3, 0.4) is 0 Å². The molecule has 1 aromatic heterocycles. The van der Waals surface area contributed by atoms with Crippen molar-refractivity contribution >= 4 is 17.3 Å². The Morgan fingerprint density at radius 1 is 1.10 bits per heavy atom. The van der Waals surface area contributed by atoms with Crippen molar-refractivity contribution in [3.05, 3.63) is 81.7 Å². The highest BCUT2D eigenvalue weighted by molar-refractivity contribution is 6.33. The number of hydrogen-bond donors (Lipinski definition) is 1. The van der Waals surface area contributed by atoms with E-state index in [0.717, 1.165) is 38.5 Å². The van der Waals surface area contributed by atoms with Gasteiger partial charge in [-0.15, -0.1) is 0 Å². The zero-order chi connectivity index (χ0) is 20.9. The van der Waals surface area contributed by atoms with Crippen LogP contribution in [0, 0.1) is 6.92 Å². The van der Waals surface area contributed by atoms with Crippen molar-refractivity contribution in [1.29, 1.82) is 0 Å². The molecule has 2 aromatic carbocycles. The second-order valence-electron chi connectivity index (χ2n) is 7.55. The Kier molecular flexibility index (Phi) is 6.35. The minimum Gasteiger partial charge on any atom is -0.488 e. The molecule has 6 nitrogen and oxygen atoms in total. The zero-order valence-electron chi connectivity index (χ0n) is 17.1. The minimum atomic E-state index is -0.290. The highest BCUT2D eigenvalue weighted by Crippen LogP contribution is 2.21. The Labute approximate surface area is 181 Å². The molecule has 156 valence electrons. The molecule has 4 rings (SSSR count). The van der Waals surface area contributed by atoms with Gasteiger partial charge < -0.3 is 14.5 Å². The molecule has 0 amide bonds. The Bertz CT molecular complexity index is 1050. The Balaban J connectivity index is 1.34. The second kappa shape index (κ2) is 9.32. The third-order valence-electron chi connectivity index (χ3n) is 5.43. The van der Waals surface area contributed by atoms with E-state index in [9.17, 15) is 4.79 Å². The van der Waals surface area contributed by atoms with Gasteiger partial charge in [0.15, 0.2) is 0 Å². The molecule has 3 aromatic rings. The molecule has 0 atom stereocenters. The lowest BCUT2D eigenvalue weighted by Gasteiger charge is -2.33. The summed E-state index contributed by atoms with van der Waals surface area (Å²) in [6.45, 7) is 7.30. The Morgan fingerprint density at radius 2 is 1.87 bits per heavy atom. The monoisotopic (exact) mass is 425 g/mol. The number of aromatic nitrogens is 2. The first-order valence-electron chi connectivity index (χ1n) is 10.2. The number of benzene rings is 2. The number of nitrogens with zero attached hydrogens (tertiary/aromatic N) is 3. The van der Waals surface area contributed by atoms with E-state index in [0.29, 0.717) is 18.0 Å². The molecule has 1 aliphatic heterocycles. The number of nitrogens with one attached hydrogen (secondary N) is 1. The zero-order valence-corrected chi connectivity index (χ0v) is 17.8. The number of hydrogen-bond acceptors (Lipinski definition) is 4. The molecule has 0 saturated carbocycles. The van der Waals surface area contributed by atoms with Crippen molar-refractivity contribution in [2.24, 2.45) is 0 Å². The van der Waals surface area contributed by atoms with Crippen LogP contribution in [0.15, 0.2) is 65.6 Å². The average Bonchev–Trinajstić information content (AvgIpc) is 2.77. The van der Waals surface area contributed by atoms with Gasteiger partial charge in [0.2, 0.25) is 0 Å². The Hall–Kier alpha value is -2.83. The van der Waals surface area contributed by atoms with Crippen LogP contribution in [0.4, 0.5) is 5.69 Å². The third kappa shape index (κ3) is 4.66. The van der Waals surface area contributed by atoms with E-state index < -0.39 is 0 Å². The first kappa shape index (κ1) is 20.4. The number of quaternary nitrogens is 1. The number of anilines is 1. The third-order valence-corrected chi connectivity index (χ3v) is 5.78. The van der Waals surface area contributed by atoms with E-state index in [-0.39, 0.29) is 10.6 Å². The first-order valence-corrected chi connectivity index (χ1v) is 10.6. The quantitative estimate of drug-likeness (QED) is 0.656. The minimum absolute atomic E-state index is 0.222. The number of para-hydroxylation sites is 1. The Morgan fingerprint density at radius 3 is 2.60 bits per heavy atom.